The predicted octanol–water partition coefficient (Wildman–Crippen LogP) is 3.42. The summed E-state index contributed by atoms with van der Waals surface area (Å²) in [6.07, 6.45) is 2.47. The molecule has 0 bridgehead atoms. The first kappa shape index (κ1) is 16.2. The van der Waals surface area contributed by atoms with Crippen LogP contribution in [0.15, 0.2) is 24.3 Å². The van der Waals surface area contributed by atoms with Crippen molar-refractivity contribution in [1.82, 2.24) is 10.2 Å². The van der Waals surface area contributed by atoms with Gasteiger partial charge in [-0.2, -0.15) is 8.78 Å². The lowest BCUT2D eigenvalue weighted by molar-refractivity contribution is -0.0498. The van der Waals surface area contributed by atoms with Gasteiger partial charge in [-0.1, -0.05) is 19.1 Å². The average molecular weight is 298 g/mol. The highest BCUT2D eigenvalue weighted by molar-refractivity contribution is 5.29. The van der Waals surface area contributed by atoms with Gasteiger partial charge in [-0.05, 0) is 50.6 Å². The Morgan fingerprint density at radius 2 is 2.05 bits per heavy atom. The van der Waals surface area contributed by atoms with Crippen LogP contribution in [0.5, 0.6) is 5.75 Å². The van der Waals surface area contributed by atoms with E-state index in [1.807, 2.05) is 12.1 Å². The number of benzene rings is 1. The highest BCUT2D eigenvalue weighted by atomic mass is 19.3. The van der Waals surface area contributed by atoms with Crippen LogP contribution in [0, 0.1) is 0 Å². The maximum absolute atomic E-state index is 12.2. The summed E-state index contributed by atoms with van der Waals surface area (Å²) in [7, 11) is 0. The summed E-state index contributed by atoms with van der Waals surface area (Å²) in [4.78, 5) is 2.41. The Hall–Kier alpha value is -1.20. The molecule has 5 heteroatoms. The van der Waals surface area contributed by atoms with Crippen molar-refractivity contribution in [3.63, 3.8) is 0 Å². The van der Waals surface area contributed by atoms with Crippen LogP contribution >= 0.6 is 0 Å². The Balaban J connectivity index is 1.97. The van der Waals surface area contributed by atoms with Crippen LogP contribution < -0.4 is 10.1 Å². The molecule has 21 heavy (non-hydrogen) atoms. The first-order valence-corrected chi connectivity index (χ1v) is 7.62. The molecule has 2 unspecified atom stereocenters. The van der Waals surface area contributed by atoms with E-state index in [0.717, 1.165) is 25.2 Å². The predicted molar refractivity (Wildman–Crippen MR) is 79.8 cm³/mol. The van der Waals surface area contributed by atoms with Crippen molar-refractivity contribution in [2.24, 2.45) is 0 Å². The molecule has 0 spiro atoms. The topological polar surface area (TPSA) is 24.5 Å². The van der Waals surface area contributed by atoms with Crippen molar-refractivity contribution in [2.75, 3.05) is 19.6 Å². The Morgan fingerprint density at radius 3 is 2.57 bits per heavy atom. The van der Waals surface area contributed by atoms with Gasteiger partial charge in [0.2, 0.25) is 0 Å². The molecule has 1 fully saturated rings. The van der Waals surface area contributed by atoms with Gasteiger partial charge < -0.3 is 10.1 Å². The maximum atomic E-state index is 12.2. The second kappa shape index (κ2) is 7.71. The monoisotopic (exact) mass is 298 g/mol. The van der Waals surface area contributed by atoms with Gasteiger partial charge in [0, 0.05) is 18.6 Å². The van der Waals surface area contributed by atoms with Crippen molar-refractivity contribution >= 4 is 0 Å². The highest BCUT2D eigenvalue weighted by Crippen LogP contribution is 2.24. The van der Waals surface area contributed by atoms with Gasteiger partial charge in [-0.15, -0.1) is 0 Å². The maximum Gasteiger partial charge on any atom is 0.387 e. The van der Waals surface area contributed by atoms with Crippen LogP contribution in [0.25, 0.3) is 0 Å². The molecule has 1 aromatic rings. The zero-order valence-electron chi connectivity index (χ0n) is 12.7. The molecule has 1 N–H and O–H groups in total. The zero-order valence-corrected chi connectivity index (χ0v) is 12.7. The molecular weight excluding hydrogens is 274 g/mol. The summed E-state index contributed by atoms with van der Waals surface area (Å²) in [5, 5.41) is 3.51. The summed E-state index contributed by atoms with van der Waals surface area (Å²) < 4.78 is 28.7. The number of nitrogens with one attached hydrogen (secondary N) is 1. The quantitative estimate of drug-likeness (QED) is 0.835. The third-order valence-corrected chi connectivity index (χ3v) is 4.16. The SMILES string of the molecule is CCN(CC1CCCN1)C(C)c1ccc(OC(F)F)cc1. The van der Waals surface area contributed by atoms with Crippen LogP contribution in [0.4, 0.5) is 8.78 Å². The summed E-state index contributed by atoms with van der Waals surface area (Å²) in [6, 6.07) is 7.78. The molecule has 0 aromatic heterocycles. The number of ether oxygens (including phenoxy) is 1. The molecule has 0 saturated carbocycles. The minimum absolute atomic E-state index is 0.210. The number of halogens is 2. The normalized spacial score (nSPS) is 20.2. The minimum atomic E-state index is -2.77. The third-order valence-electron chi connectivity index (χ3n) is 4.16. The first-order valence-electron chi connectivity index (χ1n) is 7.62. The van der Waals surface area contributed by atoms with Crippen molar-refractivity contribution in [3.05, 3.63) is 29.8 Å². The van der Waals surface area contributed by atoms with Crippen LogP contribution in [0.3, 0.4) is 0 Å². The fraction of sp³-hybridized carbons (Fsp3) is 0.625. The number of likely N-dealkylation sites (N-methyl/N-ethyl adjacent to an activating group) is 1. The van der Waals surface area contributed by atoms with E-state index in [1.54, 1.807) is 12.1 Å². The summed E-state index contributed by atoms with van der Waals surface area (Å²) in [6.45, 7) is 4.63. The minimum Gasteiger partial charge on any atom is -0.435 e. The Kier molecular flexibility index (Phi) is 5.94. The fourth-order valence-corrected chi connectivity index (χ4v) is 2.90. The number of rotatable bonds is 7. The highest BCUT2D eigenvalue weighted by Gasteiger charge is 2.21. The smallest absolute Gasteiger partial charge is 0.387 e. The van der Waals surface area contributed by atoms with E-state index in [-0.39, 0.29) is 11.8 Å². The summed E-state index contributed by atoms with van der Waals surface area (Å²) in [5.74, 6) is 0.210. The number of alkyl halides is 2. The summed E-state index contributed by atoms with van der Waals surface area (Å²) >= 11 is 0. The van der Waals surface area contributed by atoms with E-state index in [0.29, 0.717) is 6.04 Å². The lowest BCUT2D eigenvalue weighted by Gasteiger charge is -2.30. The molecule has 1 aliphatic heterocycles. The van der Waals surface area contributed by atoms with Crippen LogP contribution in [0.2, 0.25) is 0 Å². The first-order chi connectivity index (χ1) is 10.1. The number of hydrogen-bond acceptors (Lipinski definition) is 3. The molecule has 1 aliphatic rings. The molecule has 0 amide bonds. The average Bonchev–Trinajstić information content (AvgIpc) is 2.97. The fourth-order valence-electron chi connectivity index (χ4n) is 2.90. The largest absolute Gasteiger partial charge is 0.435 e. The van der Waals surface area contributed by atoms with E-state index in [1.165, 1.54) is 12.8 Å². The molecule has 1 heterocycles. The van der Waals surface area contributed by atoms with E-state index >= 15 is 0 Å². The number of nitrogens with zero attached hydrogens (tertiary/aromatic N) is 1. The lowest BCUT2D eigenvalue weighted by atomic mass is 10.1. The molecular formula is C16H24F2N2O. The van der Waals surface area contributed by atoms with Gasteiger partial charge in [0.05, 0.1) is 0 Å². The molecule has 1 saturated heterocycles. The van der Waals surface area contributed by atoms with Crippen molar-refractivity contribution in [2.45, 2.75) is 45.4 Å². The molecule has 3 nitrogen and oxygen atoms in total. The van der Waals surface area contributed by atoms with E-state index in [2.05, 4.69) is 28.8 Å². The molecule has 2 rings (SSSR count). The Labute approximate surface area is 125 Å². The molecule has 1 aromatic carbocycles. The van der Waals surface area contributed by atoms with Crippen molar-refractivity contribution in [1.29, 1.82) is 0 Å². The molecule has 2 atom stereocenters. The van der Waals surface area contributed by atoms with Gasteiger partial charge in [0.1, 0.15) is 5.75 Å². The van der Waals surface area contributed by atoms with Gasteiger partial charge in [-0.25, -0.2) is 0 Å². The molecule has 118 valence electrons. The second-order valence-corrected chi connectivity index (χ2v) is 5.50. The van der Waals surface area contributed by atoms with E-state index in [4.69, 9.17) is 0 Å². The van der Waals surface area contributed by atoms with Crippen LogP contribution in [-0.4, -0.2) is 37.2 Å². The van der Waals surface area contributed by atoms with Gasteiger partial charge >= 0.3 is 6.61 Å². The number of hydrogen-bond donors (Lipinski definition) is 1. The van der Waals surface area contributed by atoms with Gasteiger partial charge in [-0.3, -0.25) is 4.90 Å². The second-order valence-electron chi connectivity index (χ2n) is 5.50. The molecule has 0 aliphatic carbocycles. The van der Waals surface area contributed by atoms with E-state index < -0.39 is 6.61 Å². The van der Waals surface area contributed by atoms with Crippen molar-refractivity contribution in [3.8, 4) is 5.75 Å². The Bertz CT molecular complexity index is 419. The van der Waals surface area contributed by atoms with Gasteiger partial charge in [0.25, 0.3) is 0 Å². The molecule has 0 radical (unpaired) electrons. The van der Waals surface area contributed by atoms with Crippen LogP contribution in [-0.2, 0) is 0 Å². The zero-order chi connectivity index (χ0) is 15.2. The Morgan fingerprint density at radius 1 is 1.33 bits per heavy atom. The van der Waals surface area contributed by atoms with Crippen LogP contribution in [0.1, 0.15) is 38.3 Å². The lowest BCUT2D eigenvalue weighted by Crippen LogP contribution is -2.38. The van der Waals surface area contributed by atoms with Gasteiger partial charge in [0.15, 0.2) is 0 Å². The van der Waals surface area contributed by atoms with Crippen molar-refractivity contribution < 1.29 is 13.5 Å². The summed E-state index contributed by atoms with van der Waals surface area (Å²) in [5.41, 5.74) is 1.12. The third kappa shape index (κ3) is 4.64. The standard InChI is InChI=1S/C16H24F2N2O/c1-3-20(11-14-5-4-10-19-14)12(2)13-6-8-15(9-7-13)21-16(17)18/h6-9,12,14,16,19H,3-5,10-11H2,1-2H3. The van der Waals surface area contributed by atoms with E-state index in [9.17, 15) is 8.78 Å².